The molecule has 0 unspecified atom stereocenters. The van der Waals surface area contributed by atoms with Gasteiger partial charge in [-0.3, -0.25) is 14.2 Å². The standard InChI is InChI=1S/C30H32FN7O3/c1-6-26(39)38-13-12-37(23-9-7-8-19(2)27(23)38)24-16-20-18-32-30(34-28(20)36(5)29(24)40)33-21-10-11-25(22(31)17-21)41-15-14-35(3)4/h6-11,16-18H,1,12-15H2,2-5H3,(H,32,33,34). The molecular formula is C30H32FN7O3. The number of aryl methyl sites for hydroxylation is 2. The Morgan fingerprint density at radius 3 is 2.73 bits per heavy atom. The number of ether oxygens (including phenoxy) is 1. The Kier molecular flexibility index (Phi) is 7.71. The van der Waals surface area contributed by atoms with Crippen LogP contribution in [0.4, 0.5) is 33.1 Å². The molecule has 1 aliphatic rings. The van der Waals surface area contributed by atoms with E-state index in [0.717, 1.165) is 16.9 Å². The van der Waals surface area contributed by atoms with Crippen molar-refractivity contribution in [3.8, 4) is 5.75 Å². The average molecular weight is 558 g/mol. The molecule has 212 valence electrons. The van der Waals surface area contributed by atoms with Crippen LogP contribution in [0.3, 0.4) is 0 Å². The maximum Gasteiger partial charge on any atom is 0.275 e. The summed E-state index contributed by atoms with van der Waals surface area (Å²) in [6, 6.07) is 12.0. The highest BCUT2D eigenvalue weighted by Crippen LogP contribution is 2.39. The first-order chi connectivity index (χ1) is 19.7. The van der Waals surface area contributed by atoms with Crippen LogP contribution in [-0.4, -0.2) is 65.7 Å². The Morgan fingerprint density at radius 1 is 1.20 bits per heavy atom. The molecule has 0 atom stereocenters. The molecule has 1 aliphatic heterocycles. The summed E-state index contributed by atoms with van der Waals surface area (Å²) in [7, 11) is 5.49. The third kappa shape index (κ3) is 5.48. The number of carbonyl (C=O) groups is 1. The first kappa shape index (κ1) is 27.8. The molecule has 0 fully saturated rings. The Morgan fingerprint density at radius 2 is 2.00 bits per heavy atom. The molecular weight excluding hydrogens is 525 g/mol. The molecule has 2 aromatic carbocycles. The molecule has 1 N–H and O–H groups in total. The molecule has 11 heteroatoms. The number of nitrogens with one attached hydrogen (secondary N) is 1. The Hall–Kier alpha value is -4.77. The number of halogens is 1. The number of pyridine rings is 1. The molecule has 0 bridgehead atoms. The van der Waals surface area contributed by atoms with Crippen molar-refractivity contribution < 1.29 is 13.9 Å². The molecule has 0 saturated heterocycles. The second-order valence-corrected chi connectivity index (χ2v) is 10.1. The lowest BCUT2D eigenvalue weighted by atomic mass is 10.1. The fourth-order valence-corrected chi connectivity index (χ4v) is 4.87. The lowest BCUT2D eigenvalue weighted by Crippen LogP contribution is -2.43. The van der Waals surface area contributed by atoms with Crippen LogP contribution in [0.5, 0.6) is 5.75 Å². The predicted octanol–water partition coefficient (Wildman–Crippen LogP) is 4.13. The second-order valence-electron chi connectivity index (χ2n) is 10.1. The summed E-state index contributed by atoms with van der Waals surface area (Å²) < 4.78 is 21.6. The zero-order chi connectivity index (χ0) is 29.3. The van der Waals surface area contributed by atoms with Crippen LogP contribution in [0.15, 0.2) is 66.1 Å². The number of hydrogen-bond acceptors (Lipinski definition) is 8. The maximum atomic E-state index is 14.6. The molecule has 0 aliphatic carbocycles. The third-order valence-corrected chi connectivity index (χ3v) is 6.97. The Balaban J connectivity index is 1.44. The Bertz CT molecular complexity index is 1700. The molecule has 0 radical (unpaired) electrons. The quantitative estimate of drug-likeness (QED) is 0.323. The second kappa shape index (κ2) is 11.4. The summed E-state index contributed by atoms with van der Waals surface area (Å²) in [6.45, 7) is 7.43. The molecule has 0 spiro atoms. The van der Waals surface area contributed by atoms with Gasteiger partial charge in [0.15, 0.2) is 11.6 Å². The van der Waals surface area contributed by atoms with E-state index < -0.39 is 5.82 Å². The predicted molar refractivity (Wildman–Crippen MR) is 159 cm³/mol. The van der Waals surface area contributed by atoms with Crippen LogP contribution in [0.2, 0.25) is 0 Å². The number of aromatic nitrogens is 3. The summed E-state index contributed by atoms with van der Waals surface area (Å²) in [5, 5.41) is 3.66. The molecule has 41 heavy (non-hydrogen) atoms. The van der Waals surface area contributed by atoms with Gasteiger partial charge in [-0.2, -0.15) is 4.98 Å². The van der Waals surface area contributed by atoms with Gasteiger partial charge in [-0.25, -0.2) is 9.37 Å². The minimum atomic E-state index is -0.503. The van der Waals surface area contributed by atoms with E-state index in [4.69, 9.17) is 4.74 Å². The first-order valence-corrected chi connectivity index (χ1v) is 13.2. The Labute approximate surface area is 237 Å². The van der Waals surface area contributed by atoms with E-state index in [9.17, 15) is 14.0 Å². The number of benzene rings is 2. The normalized spacial score (nSPS) is 12.9. The first-order valence-electron chi connectivity index (χ1n) is 13.2. The van der Waals surface area contributed by atoms with E-state index >= 15 is 0 Å². The van der Waals surface area contributed by atoms with Crippen LogP contribution >= 0.6 is 0 Å². The lowest BCUT2D eigenvalue weighted by Gasteiger charge is -2.38. The maximum absolute atomic E-state index is 14.6. The summed E-state index contributed by atoms with van der Waals surface area (Å²) in [6.07, 6.45) is 2.92. The molecule has 10 nitrogen and oxygen atoms in total. The average Bonchev–Trinajstić information content (AvgIpc) is 2.95. The van der Waals surface area contributed by atoms with Crippen molar-refractivity contribution >= 4 is 45.6 Å². The SMILES string of the molecule is C=CC(=O)N1CCN(c2cc3cnc(Nc4ccc(OCCN(C)C)c(F)c4)nc3n(C)c2=O)c2cccc(C)c21. The highest BCUT2D eigenvalue weighted by molar-refractivity contribution is 6.05. The van der Waals surface area contributed by atoms with Crippen LogP contribution in [0.25, 0.3) is 11.0 Å². The highest BCUT2D eigenvalue weighted by atomic mass is 19.1. The number of anilines is 5. The van der Waals surface area contributed by atoms with Gasteiger partial charge in [0.05, 0.1) is 11.4 Å². The van der Waals surface area contributed by atoms with Crippen molar-refractivity contribution in [2.24, 2.45) is 7.05 Å². The minimum absolute atomic E-state index is 0.165. The van der Waals surface area contributed by atoms with E-state index in [2.05, 4.69) is 21.9 Å². The number of fused-ring (bicyclic) bond motifs is 2. The lowest BCUT2D eigenvalue weighted by molar-refractivity contribution is -0.114. The van der Waals surface area contributed by atoms with Crippen molar-refractivity contribution in [2.45, 2.75) is 6.92 Å². The van der Waals surface area contributed by atoms with Crippen LogP contribution in [0, 0.1) is 12.7 Å². The third-order valence-electron chi connectivity index (χ3n) is 6.97. The molecule has 0 saturated carbocycles. The van der Waals surface area contributed by atoms with Gasteiger partial charge in [0.25, 0.3) is 11.5 Å². The zero-order valence-corrected chi connectivity index (χ0v) is 23.5. The van der Waals surface area contributed by atoms with Crippen LogP contribution in [0.1, 0.15) is 5.56 Å². The van der Waals surface area contributed by atoms with E-state index in [1.807, 2.05) is 49.0 Å². The van der Waals surface area contributed by atoms with Gasteiger partial charge in [-0.15, -0.1) is 0 Å². The fraction of sp³-hybridized carbons (Fsp3) is 0.267. The summed E-state index contributed by atoms with van der Waals surface area (Å²) in [4.78, 5) is 40.7. The smallest absolute Gasteiger partial charge is 0.275 e. The summed E-state index contributed by atoms with van der Waals surface area (Å²) in [5.74, 6) is -0.305. The molecule has 3 heterocycles. The van der Waals surface area contributed by atoms with Crippen molar-refractivity contribution in [1.82, 2.24) is 19.4 Å². The van der Waals surface area contributed by atoms with E-state index in [1.54, 1.807) is 36.3 Å². The van der Waals surface area contributed by atoms with Gasteiger partial charge in [0, 0.05) is 50.0 Å². The van der Waals surface area contributed by atoms with Crippen LogP contribution < -0.4 is 25.4 Å². The number of carbonyl (C=O) groups excluding carboxylic acids is 1. The van der Waals surface area contributed by atoms with Gasteiger partial charge >= 0.3 is 0 Å². The molecule has 1 amide bonds. The summed E-state index contributed by atoms with van der Waals surface area (Å²) in [5.41, 5.74) is 3.51. The van der Waals surface area contributed by atoms with Crippen molar-refractivity contribution in [3.63, 3.8) is 0 Å². The topological polar surface area (TPSA) is 95.8 Å². The largest absolute Gasteiger partial charge is 0.489 e. The van der Waals surface area contributed by atoms with Crippen molar-refractivity contribution in [2.75, 3.05) is 55.5 Å². The number of likely N-dealkylation sites (N-methyl/N-ethyl adjacent to an activating group) is 1. The molecule has 4 aromatic rings. The van der Waals surface area contributed by atoms with Crippen molar-refractivity contribution in [3.05, 3.63) is 83.1 Å². The number of para-hydroxylation sites is 1. The number of amides is 1. The van der Waals surface area contributed by atoms with Crippen molar-refractivity contribution in [1.29, 1.82) is 0 Å². The number of nitrogens with zero attached hydrogens (tertiary/aromatic N) is 6. The number of rotatable bonds is 8. The van der Waals surface area contributed by atoms with Gasteiger partial charge in [0.1, 0.15) is 17.9 Å². The van der Waals surface area contributed by atoms with Gasteiger partial charge in [0.2, 0.25) is 5.95 Å². The summed E-state index contributed by atoms with van der Waals surface area (Å²) >= 11 is 0. The van der Waals surface area contributed by atoms with Gasteiger partial charge in [-0.1, -0.05) is 18.7 Å². The number of hydrogen-bond donors (Lipinski definition) is 1. The minimum Gasteiger partial charge on any atom is -0.489 e. The zero-order valence-electron chi connectivity index (χ0n) is 23.5. The fourth-order valence-electron chi connectivity index (χ4n) is 4.87. The molecule has 2 aromatic heterocycles. The van der Waals surface area contributed by atoms with E-state index in [-0.39, 0.29) is 23.2 Å². The van der Waals surface area contributed by atoms with E-state index in [0.29, 0.717) is 48.6 Å². The van der Waals surface area contributed by atoms with E-state index in [1.165, 1.54) is 16.7 Å². The monoisotopic (exact) mass is 557 g/mol. The molecule has 5 rings (SSSR count). The van der Waals surface area contributed by atoms with Gasteiger partial charge < -0.3 is 24.8 Å². The van der Waals surface area contributed by atoms with Gasteiger partial charge in [-0.05, 0) is 56.9 Å². The highest BCUT2D eigenvalue weighted by Gasteiger charge is 2.29. The van der Waals surface area contributed by atoms with Crippen LogP contribution in [-0.2, 0) is 11.8 Å².